The Kier molecular flexibility index (Phi) is 5.67. The standard InChI is InChI=1S/C18H23N3O/c1-4-17(15-9-11-19-12-10-15)20-18(22)16-7-5-14(6-8-16)13-21(2)3/h5-12,17H,4,13H2,1-3H3,(H,20,22)/t17-/m0/s1. The topological polar surface area (TPSA) is 45.2 Å². The van der Waals surface area contributed by atoms with Gasteiger partial charge < -0.3 is 10.2 Å². The first kappa shape index (κ1) is 16.2. The van der Waals surface area contributed by atoms with Gasteiger partial charge in [0.2, 0.25) is 0 Å². The number of carbonyl (C=O) groups is 1. The van der Waals surface area contributed by atoms with Crippen molar-refractivity contribution < 1.29 is 4.79 Å². The van der Waals surface area contributed by atoms with Crippen LogP contribution in [0.2, 0.25) is 0 Å². The van der Waals surface area contributed by atoms with Crippen molar-refractivity contribution in [2.45, 2.75) is 25.9 Å². The van der Waals surface area contributed by atoms with Gasteiger partial charge in [-0.1, -0.05) is 19.1 Å². The van der Waals surface area contributed by atoms with Crippen molar-refractivity contribution in [3.05, 3.63) is 65.5 Å². The van der Waals surface area contributed by atoms with Gasteiger partial charge in [-0.25, -0.2) is 0 Å². The van der Waals surface area contributed by atoms with Crippen LogP contribution in [0.15, 0.2) is 48.8 Å². The van der Waals surface area contributed by atoms with E-state index in [2.05, 4.69) is 22.1 Å². The lowest BCUT2D eigenvalue weighted by Crippen LogP contribution is -2.28. The minimum atomic E-state index is -0.0416. The first-order valence-corrected chi connectivity index (χ1v) is 7.54. The monoisotopic (exact) mass is 297 g/mol. The molecule has 0 bridgehead atoms. The zero-order valence-electron chi connectivity index (χ0n) is 13.4. The van der Waals surface area contributed by atoms with Gasteiger partial charge in [0, 0.05) is 24.5 Å². The van der Waals surface area contributed by atoms with Crippen LogP contribution < -0.4 is 5.32 Å². The van der Waals surface area contributed by atoms with Gasteiger partial charge in [0.25, 0.3) is 5.91 Å². The highest BCUT2D eigenvalue weighted by Crippen LogP contribution is 2.16. The quantitative estimate of drug-likeness (QED) is 0.891. The molecule has 1 amide bonds. The molecule has 1 aromatic carbocycles. The second-order valence-electron chi connectivity index (χ2n) is 5.65. The van der Waals surface area contributed by atoms with E-state index >= 15 is 0 Å². The third-order valence-electron chi connectivity index (χ3n) is 3.54. The summed E-state index contributed by atoms with van der Waals surface area (Å²) in [6.07, 6.45) is 4.34. The highest BCUT2D eigenvalue weighted by atomic mass is 16.1. The van der Waals surface area contributed by atoms with E-state index in [0.29, 0.717) is 5.56 Å². The average Bonchev–Trinajstić information content (AvgIpc) is 2.53. The summed E-state index contributed by atoms with van der Waals surface area (Å²) in [4.78, 5) is 18.5. The van der Waals surface area contributed by atoms with Crippen molar-refractivity contribution in [3.63, 3.8) is 0 Å². The van der Waals surface area contributed by atoms with Gasteiger partial charge >= 0.3 is 0 Å². The van der Waals surface area contributed by atoms with E-state index in [1.807, 2.05) is 50.5 Å². The van der Waals surface area contributed by atoms with Gasteiger partial charge in [0.15, 0.2) is 0 Å². The largest absolute Gasteiger partial charge is 0.345 e. The summed E-state index contributed by atoms with van der Waals surface area (Å²) >= 11 is 0. The molecule has 0 fully saturated rings. The molecule has 1 N–H and O–H groups in total. The van der Waals surface area contributed by atoms with Crippen LogP contribution in [0.5, 0.6) is 0 Å². The molecular formula is C18H23N3O. The lowest BCUT2D eigenvalue weighted by molar-refractivity contribution is 0.0935. The molecule has 1 heterocycles. The number of nitrogens with zero attached hydrogens (tertiary/aromatic N) is 2. The van der Waals surface area contributed by atoms with Crippen molar-refractivity contribution in [3.8, 4) is 0 Å². The molecule has 116 valence electrons. The number of carbonyl (C=O) groups excluding carboxylic acids is 1. The summed E-state index contributed by atoms with van der Waals surface area (Å²) in [6.45, 7) is 2.93. The Bertz CT molecular complexity index is 593. The van der Waals surface area contributed by atoms with Crippen LogP contribution in [0.1, 0.15) is 40.9 Å². The van der Waals surface area contributed by atoms with Crippen molar-refractivity contribution in [2.75, 3.05) is 14.1 Å². The van der Waals surface area contributed by atoms with Crippen LogP contribution in [-0.2, 0) is 6.54 Å². The molecule has 0 aliphatic rings. The van der Waals surface area contributed by atoms with Gasteiger partial charge in [-0.3, -0.25) is 9.78 Å². The first-order chi connectivity index (χ1) is 10.6. The number of hydrogen-bond donors (Lipinski definition) is 1. The summed E-state index contributed by atoms with van der Waals surface area (Å²) in [6, 6.07) is 11.7. The molecule has 0 saturated carbocycles. The van der Waals surface area contributed by atoms with E-state index in [1.54, 1.807) is 12.4 Å². The predicted molar refractivity (Wildman–Crippen MR) is 88.6 cm³/mol. The maximum atomic E-state index is 12.4. The van der Waals surface area contributed by atoms with E-state index in [4.69, 9.17) is 0 Å². The fraction of sp³-hybridized carbons (Fsp3) is 0.333. The molecule has 0 aliphatic carbocycles. The molecular weight excluding hydrogens is 274 g/mol. The second-order valence-corrected chi connectivity index (χ2v) is 5.65. The number of rotatable bonds is 6. The molecule has 0 radical (unpaired) electrons. The maximum Gasteiger partial charge on any atom is 0.251 e. The maximum absolute atomic E-state index is 12.4. The Morgan fingerprint density at radius 3 is 2.32 bits per heavy atom. The van der Waals surface area contributed by atoms with E-state index in [1.165, 1.54) is 5.56 Å². The third-order valence-corrected chi connectivity index (χ3v) is 3.54. The zero-order valence-corrected chi connectivity index (χ0v) is 13.4. The van der Waals surface area contributed by atoms with Crippen LogP contribution in [0, 0.1) is 0 Å². The normalized spacial score (nSPS) is 12.2. The molecule has 4 heteroatoms. The molecule has 0 unspecified atom stereocenters. The van der Waals surface area contributed by atoms with Crippen molar-refractivity contribution in [1.29, 1.82) is 0 Å². The number of aromatic nitrogens is 1. The molecule has 2 aromatic rings. The fourth-order valence-corrected chi connectivity index (χ4v) is 2.39. The predicted octanol–water partition coefficient (Wildman–Crippen LogP) is 3.02. The number of pyridine rings is 1. The highest BCUT2D eigenvalue weighted by Gasteiger charge is 2.13. The van der Waals surface area contributed by atoms with E-state index in [9.17, 15) is 4.79 Å². The van der Waals surface area contributed by atoms with Crippen molar-refractivity contribution in [1.82, 2.24) is 15.2 Å². The summed E-state index contributed by atoms with van der Waals surface area (Å²) < 4.78 is 0. The van der Waals surface area contributed by atoms with Gasteiger partial charge in [-0.15, -0.1) is 0 Å². The SMILES string of the molecule is CC[C@H](NC(=O)c1ccc(CN(C)C)cc1)c1ccncc1. The average molecular weight is 297 g/mol. The molecule has 0 aliphatic heterocycles. The molecule has 1 atom stereocenters. The van der Waals surface area contributed by atoms with Gasteiger partial charge in [-0.05, 0) is 55.9 Å². The molecule has 1 aromatic heterocycles. The Morgan fingerprint density at radius 2 is 1.77 bits per heavy atom. The van der Waals surface area contributed by atoms with E-state index < -0.39 is 0 Å². The van der Waals surface area contributed by atoms with Crippen LogP contribution in [-0.4, -0.2) is 29.9 Å². The number of hydrogen-bond acceptors (Lipinski definition) is 3. The summed E-state index contributed by atoms with van der Waals surface area (Å²) in [5.41, 5.74) is 2.97. The highest BCUT2D eigenvalue weighted by molar-refractivity contribution is 5.94. The Balaban J connectivity index is 2.04. The summed E-state index contributed by atoms with van der Waals surface area (Å²) in [7, 11) is 4.06. The first-order valence-electron chi connectivity index (χ1n) is 7.54. The van der Waals surface area contributed by atoms with Crippen molar-refractivity contribution in [2.24, 2.45) is 0 Å². The van der Waals surface area contributed by atoms with Gasteiger partial charge in [0.1, 0.15) is 0 Å². The Morgan fingerprint density at radius 1 is 1.14 bits per heavy atom. The fourth-order valence-electron chi connectivity index (χ4n) is 2.39. The smallest absolute Gasteiger partial charge is 0.251 e. The molecule has 2 rings (SSSR count). The van der Waals surface area contributed by atoms with Crippen LogP contribution in [0.25, 0.3) is 0 Å². The van der Waals surface area contributed by atoms with E-state index in [-0.39, 0.29) is 11.9 Å². The van der Waals surface area contributed by atoms with Gasteiger partial charge in [-0.2, -0.15) is 0 Å². The number of nitrogens with one attached hydrogen (secondary N) is 1. The minimum absolute atomic E-state index is 0.0111. The van der Waals surface area contributed by atoms with Crippen LogP contribution in [0.3, 0.4) is 0 Å². The van der Waals surface area contributed by atoms with Crippen LogP contribution >= 0.6 is 0 Å². The van der Waals surface area contributed by atoms with E-state index in [0.717, 1.165) is 18.5 Å². The van der Waals surface area contributed by atoms with Crippen molar-refractivity contribution >= 4 is 5.91 Å². The molecule has 0 saturated heterocycles. The Labute approximate surface area is 132 Å². The molecule has 4 nitrogen and oxygen atoms in total. The van der Waals surface area contributed by atoms with Gasteiger partial charge in [0.05, 0.1) is 6.04 Å². The summed E-state index contributed by atoms with van der Waals surface area (Å²) in [5.74, 6) is -0.0416. The lowest BCUT2D eigenvalue weighted by Gasteiger charge is -2.17. The minimum Gasteiger partial charge on any atom is -0.345 e. The van der Waals surface area contributed by atoms with Crippen LogP contribution in [0.4, 0.5) is 0 Å². The Hall–Kier alpha value is -2.20. The third kappa shape index (κ3) is 4.40. The second kappa shape index (κ2) is 7.71. The molecule has 0 spiro atoms. The summed E-state index contributed by atoms with van der Waals surface area (Å²) in [5, 5.41) is 3.08. The number of amides is 1. The number of benzene rings is 1. The molecule has 22 heavy (non-hydrogen) atoms. The lowest BCUT2D eigenvalue weighted by atomic mass is 10.0. The zero-order chi connectivity index (χ0) is 15.9.